The summed E-state index contributed by atoms with van der Waals surface area (Å²) in [5.74, 6) is 0.387. The molecule has 0 saturated heterocycles. The highest BCUT2D eigenvalue weighted by molar-refractivity contribution is 5.03. The minimum absolute atomic E-state index is 0.140. The van der Waals surface area contributed by atoms with E-state index >= 15 is 0 Å². The molecule has 2 atom stereocenters. The fourth-order valence-electron chi connectivity index (χ4n) is 3.14. The molecular weight excluding hydrogens is 236 g/mol. The van der Waals surface area contributed by atoms with Gasteiger partial charge in [0.25, 0.3) is 0 Å². The molecule has 0 spiro atoms. The van der Waals surface area contributed by atoms with Crippen LogP contribution in [0, 0.1) is 11.3 Å². The molecule has 2 rings (SSSR count). The molecule has 106 valence electrons. The van der Waals surface area contributed by atoms with Crippen LogP contribution in [-0.2, 0) is 6.54 Å². The van der Waals surface area contributed by atoms with Crippen LogP contribution in [0.3, 0.4) is 0 Å². The van der Waals surface area contributed by atoms with Gasteiger partial charge < -0.3 is 10.0 Å². The lowest BCUT2D eigenvalue weighted by molar-refractivity contribution is 0.00660. The summed E-state index contributed by atoms with van der Waals surface area (Å²) in [6.45, 7) is 6.42. The van der Waals surface area contributed by atoms with E-state index in [9.17, 15) is 5.11 Å². The molecule has 3 nitrogen and oxygen atoms in total. The van der Waals surface area contributed by atoms with Gasteiger partial charge in [-0.25, -0.2) is 0 Å². The zero-order chi connectivity index (χ0) is 13.9. The van der Waals surface area contributed by atoms with Gasteiger partial charge in [0.2, 0.25) is 0 Å². The zero-order valence-electron chi connectivity index (χ0n) is 12.3. The maximum Gasteiger partial charge on any atom is 0.0581 e. The van der Waals surface area contributed by atoms with E-state index in [0.29, 0.717) is 11.3 Å². The highest BCUT2D eigenvalue weighted by Gasteiger charge is 2.34. The Morgan fingerprint density at radius 3 is 2.89 bits per heavy atom. The largest absolute Gasteiger partial charge is 0.393 e. The van der Waals surface area contributed by atoms with Crippen molar-refractivity contribution in [2.45, 2.75) is 45.8 Å². The molecule has 1 aromatic rings. The summed E-state index contributed by atoms with van der Waals surface area (Å²) in [4.78, 5) is 6.63. The smallest absolute Gasteiger partial charge is 0.0581 e. The third-order valence-electron chi connectivity index (χ3n) is 4.18. The summed E-state index contributed by atoms with van der Waals surface area (Å²) in [5, 5.41) is 10.2. The Hall–Kier alpha value is -0.930. The van der Waals surface area contributed by atoms with E-state index in [1.54, 1.807) is 0 Å². The first-order valence-electron chi connectivity index (χ1n) is 7.23. The molecular formula is C16H26N2O. The van der Waals surface area contributed by atoms with Crippen LogP contribution in [0.1, 0.15) is 38.8 Å². The second-order valence-corrected chi connectivity index (χ2v) is 6.75. The monoisotopic (exact) mass is 262 g/mol. The quantitative estimate of drug-likeness (QED) is 0.906. The number of hydrogen-bond acceptors (Lipinski definition) is 3. The van der Waals surface area contributed by atoms with E-state index in [1.807, 2.05) is 18.3 Å². The number of rotatable bonds is 4. The van der Waals surface area contributed by atoms with Crippen molar-refractivity contribution < 1.29 is 5.11 Å². The summed E-state index contributed by atoms with van der Waals surface area (Å²) >= 11 is 0. The highest BCUT2D eigenvalue weighted by Crippen LogP contribution is 2.38. The molecule has 0 aromatic carbocycles. The van der Waals surface area contributed by atoms with E-state index in [-0.39, 0.29) is 6.10 Å². The highest BCUT2D eigenvalue weighted by atomic mass is 16.3. The summed E-state index contributed by atoms with van der Waals surface area (Å²) < 4.78 is 0. The minimum Gasteiger partial charge on any atom is -0.393 e. The number of pyridine rings is 1. The van der Waals surface area contributed by atoms with E-state index in [2.05, 4.69) is 36.8 Å². The maximum atomic E-state index is 10.2. The first kappa shape index (κ1) is 14.5. The van der Waals surface area contributed by atoms with Crippen LogP contribution in [0.25, 0.3) is 0 Å². The second-order valence-electron chi connectivity index (χ2n) is 6.75. The normalized spacial score (nSPS) is 26.6. The molecule has 1 saturated carbocycles. The lowest BCUT2D eigenvalue weighted by Gasteiger charge is -2.40. The van der Waals surface area contributed by atoms with Gasteiger partial charge in [-0.2, -0.15) is 0 Å². The number of nitrogens with zero attached hydrogens (tertiary/aromatic N) is 2. The van der Waals surface area contributed by atoms with Crippen LogP contribution in [0.2, 0.25) is 0 Å². The summed E-state index contributed by atoms with van der Waals surface area (Å²) in [5.41, 5.74) is 1.46. The molecule has 1 N–H and O–H groups in total. The summed E-state index contributed by atoms with van der Waals surface area (Å²) in [7, 11) is 2.11. The minimum atomic E-state index is -0.140. The number of aliphatic hydroxyl groups excluding tert-OH is 1. The van der Waals surface area contributed by atoms with Crippen LogP contribution in [0.4, 0.5) is 0 Å². The summed E-state index contributed by atoms with van der Waals surface area (Å²) in [6.07, 6.45) is 4.88. The van der Waals surface area contributed by atoms with E-state index < -0.39 is 0 Å². The SMILES string of the molecule is CN(Cc1ccccn1)CC1CC(C)(C)CCC1O. The Morgan fingerprint density at radius 2 is 2.21 bits per heavy atom. The Bertz CT molecular complexity index is 391. The number of aliphatic hydroxyl groups is 1. The first-order valence-corrected chi connectivity index (χ1v) is 7.23. The predicted octanol–water partition coefficient (Wildman–Crippen LogP) is 2.70. The van der Waals surface area contributed by atoms with E-state index in [1.165, 1.54) is 0 Å². The second kappa shape index (κ2) is 6.02. The lowest BCUT2D eigenvalue weighted by Crippen LogP contribution is -2.39. The number of aromatic nitrogens is 1. The predicted molar refractivity (Wildman–Crippen MR) is 77.7 cm³/mol. The zero-order valence-corrected chi connectivity index (χ0v) is 12.3. The third kappa shape index (κ3) is 4.29. The van der Waals surface area contributed by atoms with Crippen molar-refractivity contribution in [3.05, 3.63) is 30.1 Å². The fourth-order valence-corrected chi connectivity index (χ4v) is 3.14. The molecule has 3 heteroatoms. The van der Waals surface area contributed by atoms with Crippen molar-refractivity contribution in [3.8, 4) is 0 Å². The van der Waals surface area contributed by atoms with Crippen LogP contribution in [0.5, 0.6) is 0 Å². The lowest BCUT2D eigenvalue weighted by atomic mass is 9.71. The van der Waals surface area contributed by atoms with Crippen LogP contribution >= 0.6 is 0 Å². The van der Waals surface area contributed by atoms with Crippen LogP contribution in [-0.4, -0.2) is 34.7 Å². The first-order chi connectivity index (χ1) is 8.96. The molecule has 1 fully saturated rings. The average Bonchev–Trinajstić information content (AvgIpc) is 2.35. The van der Waals surface area contributed by atoms with Gasteiger partial charge in [0.15, 0.2) is 0 Å². The van der Waals surface area contributed by atoms with Crippen molar-refractivity contribution >= 4 is 0 Å². The molecule has 2 unspecified atom stereocenters. The van der Waals surface area contributed by atoms with Crippen LogP contribution < -0.4 is 0 Å². The molecule has 0 aliphatic heterocycles. The third-order valence-corrected chi connectivity index (χ3v) is 4.18. The molecule has 1 aliphatic rings. The van der Waals surface area contributed by atoms with Crippen molar-refractivity contribution in [1.82, 2.24) is 9.88 Å². The Kier molecular flexibility index (Phi) is 4.58. The van der Waals surface area contributed by atoms with Gasteiger partial charge in [0.05, 0.1) is 11.8 Å². The average molecular weight is 262 g/mol. The molecule has 19 heavy (non-hydrogen) atoms. The van der Waals surface area contributed by atoms with E-state index in [4.69, 9.17) is 0 Å². The van der Waals surface area contributed by atoms with Gasteiger partial charge in [0.1, 0.15) is 0 Å². The molecule has 0 amide bonds. The molecule has 1 aliphatic carbocycles. The summed E-state index contributed by atoms with van der Waals surface area (Å²) in [6, 6.07) is 6.02. The van der Waals surface area contributed by atoms with Crippen molar-refractivity contribution in [1.29, 1.82) is 0 Å². The van der Waals surface area contributed by atoms with Gasteiger partial charge in [0, 0.05) is 19.3 Å². The van der Waals surface area contributed by atoms with Gasteiger partial charge >= 0.3 is 0 Å². The number of hydrogen-bond donors (Lipinski definition) is 1. The maximum absolute atomic E-state index is 10.2. The molecule has 1 heterocycles. The van der Waals surface area contributed by atoms with Crippen molar-refractivity contribution in [3.63, 3.8) is 0 Å². The van der Waals surface area contributed by atoms with Gasteiger partial charge in [-0.3, -0.25) is 4.98 Å². The van der Waals surface area contributed by atoms with Crippen LogP contribution in [0.15, 0.2) is 24.4 Å². The van der Waals surface area contributed by atoms with Gasteiger partial charge in [-0.15, -0.1) is 0 Å². The van der Waals surface area contributed by atoms with E-state index in [0.717, 1.165) is 38.0 Å². The Labute approximate surface area is 116 Å². The van der Waals surface area contributed by atoms with Gasteiger partial charge in [-0.05, 0) is 49.8 Å². The molecule has 0 bridgehead atoms. The molecule has 0 radical (unpaired) electrons. The van der Waals surface area contributed by atoms with Crippen molar-refractivity contribution in [2.24, 2.45) is 11.3 Å². The Balaban J connectivity index is 1.89. The Morgan fingerprint density at radius 1 is 1.42 bits per heavy atom. The topological polar surface area (TPSA) is 36.4 Å². The van der Waals surface area contributed by atoms with Crippen molar-refractivity contribution in [2.75, 3.05) is 13.6 Å². The molecule has 1 aromatic heterocycles. The van der Waals surface area contributed by atoms with Gasteiger partial charge in [-0.1, -0.05) is 19.9 Å². The fraction of sp³-hybridized carbons (Fsp3) is 0.688. The standard InChI is InChI=1S/C16H26N2O/c1-16(2)8-7-15(19)13(10-16)11-18(3)12-14-6-4-5-9-17-14/h4-6,9,13,15,19H,7-8,10-12H2,1-3H3.